The van der Waals surface area contributed by atoms with Gasteiger partial charge in [-0.15, -0.1) is 0 Å². The highest BCUT2D eigenvalue weighted by Crippen LogP contribution is 2.39. The van der Waals surface area contributed by atoms with Crippen LogP contribution in [0.25, 0.3) is 11.0 Å². The van der Waals surface area contributed by atoms with Gasteiger partial charge in [-0.2, -0.15) is 0 Å². The van der Waals surface area contributed by atoms with E-state index in [1.165, 1.54) is 12.5 Å². The summed E-state index contributed by atoms with van der Waals surface area (Å²) in [4.78, 5) is 4.28. The number of benzene rings is 1. The maximum Gasteiger partial charge on any atom is 0.201 e. The third kappa shape index (κ3) is 2.16. The molecule has 1 saturated carbocycles. The molecule has 1 fully saturated rings. The van der Waals surface area contributed by atoms with Gasteiger partial charge in [0.1, 0.15) is 5.82 Å². The number of nitrogen functional groups attached to an aromatic ring is 1. The van der Waals surface area contributed by atoms with Gasteiger partial charge in [0.05, 0.1) is 16.1 Å². The van der Waals surface area contributed by atoms with Gasteiger partial charge in [0.15, 0.2) is 0 Å². The minimum Gasteiger partial charge on any atom is -0.369 e. The van der Waals surface area contributed by atoms with Crippen LogP contribution in [0.3, 0.4) is 0 Å². The van der Waals surface area contributed by atoms with Crippen LogP contribution in [-0.2, 0) is 0 Å². The number of aromatic nitrogens is 2. The third-order valence-electron chi connectivity index (χ3n) is 4.69. The Balaban J connectivity index is 2.07. The van der Waals surface area contributed by atoms with E-state index in [1.54, 1.807) is 6.07 Å². The van der Waals surface area contributed by atoms with E-state index in [2.05, 4.69) is 18.8 Å². The summed E-state index contributed by atoms with van der Waals surface area (Å²) in [5, 5.41) is 0.121. The molecule has 3 atom stereocenters. The number of rotatable bonds is 1. The van der Waals surface area contributed by atoms with E-state index < -0.39 is 5.82 Å². The fraction of sp³-hybridized carbons (Fsp3) is 0.533. The molecule has 1 aliphatic rings. The van der Waals surface area contributed by atoms with Crippen molar-refractivity contribution in [2.24, 2.45) is 11.8 Å². The fourth-order valence-electron chi connectivity index (χ4n) is 3.25. The van der Waals surface area contributed by atoms with Gasteiger partial charge in [-0.05, 0) is 37.2 Å². The lowest BCUT2D eigenvalue weighted by Crippen LogP contribution is -2.24. The highest BCUT2D eigenvalue weighted by atomic mass is 35.5. The van der Waals surface area contributed by atoms with Crippen molar-refractivity contribution in [2.75, 3.05) is 5.73 Å². The largest absolute Gasteiger partial charge is 0.369 e. The number of hydrogen-bond donors (Lipinski definition) is 1. The Hall–Kier alpha value is -1.29. The quantitative estimate of drug-likeness (QED) is 0.847. The molecule has 3 unspecified atom stereocenters. The van der Waals surface area contributed by atoms with Crippen molar-refractivity contribution < 1.29 is 4.39 Å². The first-order valence-electron chi connectivity index (χ1n) is 7.09. The standard InChI is InChI=1S/C15H19ClFN3/c1-8-3-4-10(5-9(8)2)20-14-6-11(16)12(17)7-13(14)19-15(20)18/h6-10H,3-5H2,1-2H3,(H2,18,19). The molecule has 1 aromatic heterocycles. The molecule has 1 aromatic carbocycles. The van der Waals surface area contributed by atoms with Crippen molar-refractivity contribution in [2.45, 2.75) is 39.2 Å². The van der Waals surface area contributed by atoms with Gasteiger partial charge in [0, 0.05) is 12.1 Å². The Morgan fingerprint density at radius 2 is 2.05 bits per heavy atom. The molecule has 0 radical (unpaired) electrons. The molecule has 5 heteroatoms. The van der Waals surface area contributed by atoms with Crippen molar-refractivity contribution in [1.29, 1.82) is 0 Å². The number of halogens is 2. The summed E-state index contributed by atoms with van der Waals surface area (Å²) < 4.78 is 15.6. The zero-order chi connectivity index (χ0) is 14.4. The second kappa shape index (κ2) is 4.92. The van der Waals surface area contributed by atoms with Gasteiger partial charge in [-0.1, -0.05) is 25.4 Å². The van der Waals surface area contributed by atoms with Crippen molar-refractivity contribution >= 4 is 28.6 Å². The Morgan fingerprint density at radius 3 is 2.75 bits per heavy atom. The van der Waals surface area contributed by atoms with Crippen LogP contribution in [0.2, 0.25) is 5.02 Å². The summed E-state index contributed by atoms with van der Waals surface area (Å²) in [5.74, 6) is 1.40. The van der Waals surface area contributed by atoms with E-state index >= 15 is 0 Å². The summed E-state index contributed by atoms with van der Waals surface area (Å²) in [6.45, 7) is 4.57. The lowest BCUT2D eigenvalue weighted by molar-refractivity contribution is 0.215. The molecule has 0 bridgehead atoms. The summed E-state index contributed by atoms with van der Waals surface area (Å²) in [6.07, 6.45) is 3.34. The van der Waals surface area contributed by atoms with Crippen LogP contribution in [0.5, 0.6) is 0 Å². The maximum atomic E-state index is 13.5. The average Bonchev–Trinajstić information content (AvgIpc) is 2.69. The maximum absolute atomic E-state index is 13.5. The summed E-state index contributed by atoms with van der Waals surface area (Å²) in [5.41, 5.74) is 7.46. The highest BCUT2D eigenvalue weighted by Gasteiger charge is 2.28. The van der Waals surface area contributed by atoms with Gasteiger partial charge in [-0.3, -0.25) is 0 Å². The summed E-state index contributed by atoms with van der Waals surface area (Å²) in [7, 11) is 0. The predicted molar refractivity (Wildman–Crippen MR) is 80.3 cm³/mol. The minimum atomic E-state index is -0.450. The van der Waals surface area contributed by atoms with Crippen LogP contribution in [0.15, 0.2) is 12.1 Å². The highest BCUT2D eigenvalue weighted by molar-refractivity contribution is 6.31. The Labute approximate surface area is 122 Å². The molecule has 3 rings (SSSR count). The molecular weight excluding hydrogens is 277 g/mol. The minimum absolute atomic E-state index is 0.121. The first kappa shape index (κ1) is 13.7. The molecular formula is C15H19ClFN3. The molecule has 3 nitrogen and oxygen atoms in total. The van der Waals surface area contributed by atoms with Crippen LogP contribution < -0.4 is 5.73 Å². The van der Waals surface area contributed by atoms with Gasteiger partial charge in [0.2, 0.25) is 5.95 Å². The molecule has 0 amide bonds. The molecule has 0 aliphatic heterocycles. The molecule has 1 aliphatic carbocycles. The lowest BCUT2D eigenvalue weighted by atomic mass is 9.79. The third-order valence-corrected chi connectivity index (χ3v) is 4.98. The van der Waals surface area contributed by atoms with E-state index in [9.17, 15) is 4.39 Å². The molecule has 1 heterocycles. The SMILES string of the molecule is CC1CCC(n2c(N)nc3cc(F)c(Cl)cc32)CC1C. The van der Waals surface area contributed by atoms with Crippen molar-refractivity contribution in [3.05, 3.63) is 23.0 Å². The van der Waals surface area contributed by atoms with Gasteiger partial charge in [-0.25, -0.2) is 9.37 Å². The topological polar surface area (TPSA) is 43.8 Å². The van der Waals surface area contributed by atoms with E-state index in [0.29, 0.717) is 23.4 Å². The number of nitrogens with zero attached hydrogens (tertiary/aromatic N) is 2. The zero-order valence-electron chi connectivity index (χ0n) is 11.7. The first-order chi connectivity index (χ1) is 9.47. The molecule has 108 valence electrons. The van der Waals surface area contributed by atoms with Crippen LogP contribution in [-0.4, -0.2) is 9.55 Å². The molecule has 2 aromatic rings. The van der Waals surface area contributed by atoms with Gasteiger partial charge >= 0.3 is 0 Å². The first-order valence-corrected chi connectivity index (χ1v) is 7.47. The zero-order valence-corrected chi connectivity index (χ0v) is 12.5. The number of hydrogen-bond acceptors (Lipinski definition) is 2. The fourth-order valence-corrected chi connectivity index (χ4v) is 3.40. The van der Waals surface area contributed by atoms with Crippen LogP contribution >= 0.6 is 11.6 Å². The Morgan fingerprint density at radius 1 is 1.30 bits per heavy atom. The van der Waals surface area contributed by atoms with E-state index in [0.717, 1.165) is 24.3 Å². The smallest absolute Gasteiger partial charge is 0.201 e. The molecule has 0 spiro atoms. The predicted octanol–water partition coefficient (Wildman–Crippen LogP) is 4.41. The number of nitrogens with two attached hydrogens (primary N) is 1. The van der Waals surface area contributed by atoms with Gasteiger partial charge < -0.3 is 10.3 Å². The van der Waals surface area contributed by atoms with E-state index in [4.69, 9.17) is 17.3 Å². The lowest BCUT2D eigenvalue weighted by Gasteiger charge is -2.33. The van der Waals surface area contributed by atoms with Crippen LogP contribution in [0, 0.1) is 17.7 Å². The Kier molecular flexibility index (Phi) is 3.36. The molecule has 2 N–H and O–H groups in total. The van der Waals surface area contributed by atoms with E-state index in [1.807, 2.05) is 4.57 Å². The number of imidazole rings is 1. The second-order valence-electron chi connectivity index (χ2n) is 6.02. The summed E-state index contributed by atoms with van der Waals surface area (Å²) >= 11 is 5.90. The van der Waals surface area contributed by atoms with Crippen molar-refractivity contribution in [1.82, 2.24) is 9.55 Å². The number of anilines is 1. The second-order valence-corrected chi connectivity index (χ2v) is 6.42. The normalized spacial score (nSPS) is 27.1. The van der Waals surface area contributed by atoms with Crippen LogP contribution in [0.4, 0.5) is 10.3 Å². The number of fused-ring (bicyclic) bond motifs is 1. The van der Waals surface area contributed by atoms with Crippen LogP contribution in [0.1, 0.15) is 39.2 Å². The van der Waals surface area contributed by atoms with Gasteiger partial charge in [0.25, 0.3) is 0 Å². The molecule has 20 heavy (non-hydrogen) atoms. The van der Waals surface area contributed by atoms with Crippen molar-refractivity contribution in [3.8, 4) is 0 Å². The average molecular weight is 296 g/mol. The monoisotopic (exact) mass is 295 g/mol. The summed E-state index contributed by atoms with van der Waals surface area (Å²) in [6, 6.07) is 3.32. The Bertz CT molecular complexity index is 652. The van der Waals surface area contributed by atoms with E-state index in [-0.39, 0.29) is 5.02 Å². The molecule has 0 saturated heterocycles. The van der Waals surface area contributed by atoms with Crippen molar-refractivity contribution in [3.63, 3.8) is 0 Å².